The first-order valence-corrected chi connectivity index (χ1v) is 14.2. The molecule has 0 atom stereocenters. The van der Waals surface area contributed by atoms with Gasteiger partial charge in [0, 0.05) is 21.5 Å². The summed E-state index contributed by atoms with van der Waals surface area (Å²) in [5.41, 5.74) is 12.1. The molecule has 8 rings (SSSR count). The Labute approximate surface area is 238 Å². The van der Waals surface area contributed by atoms with Crippen LogP contribution in [0.25, 0.3) is 77.3 Å². The van der Waals surface area contributed by atoms with Gasteiger partial charge >= 0.3 is 0 Å². The van der Waals surface area contributed by atoms with Crippen molar-refractivity contribution in [2.24, 2.45) is 0 Å². The van der Waals surface area contributed by atoms with Crippen molar-refractivity contribution in [3.8, 4) is 33.4 Å². The van der Waals surface area contributed by atoms with Crippen LogP contribution in [0.5, 0.6) is 0 Å². The average molecular weight is 529 g/mol. The van der Waals surface area contributed by atoms with E-state index in [2.05, 4.69) is 117 Å². The van der Waals surface area contributed by atoms with Gasteiger partial charge in [0.05, 0.1) is 0 Å². The fourth-order valence-electron chi connectivity index (χ4n) is 6.00. The molecule has 2 aromatic heterocycles. The molecular weight excluding hydrogens is 500 g/mol. The molecule has 41 heavy (non-hydrogen) atoms. The zero-order chi connectivity index (χ0) is 27.5. The van der Waals surface area contributed by atoms with E-state index in [-0.39, 0.29) is 0 Å². The molecule has 2 heterocycles. The maximum absolute atomic E-state index is 6.12. The summed E-state index contributed by atoms with van der Waals surface area (Å²) >= 11 is 0. The second kappa shape index (κ2) is 9.25. The quantitative estimate of drug-likeness (QED) is 0.227. The van der Waals surface area contributed by atoms with Gasteiger partial charge in [0.2, 0.25) is 0 Å². The molecule has 0 spiro atoms. The van der Waals surface area contributed by atoms with E-state index in [9.17, 15) is 0 Å². The van der Waals surface area contributed by atoms with E-state index in [0.29, 0.717) is 5.92 Å². The number of rotatable bonds is 4. The van der Waals surface area contributed by atoms with E-state index < -0.39 is 0 Å². The van der Waals surface area contributed by atoms with Crippen molar-refractivity contribution in [1.29, 1.82) is 0 Å². The lowest BCUT2D eigenvalue weighted by molar-refractivity contribution is 0.668. The second-order valence-corrected chi connectivity index (χ2v) is 11.2. The fraction of sp³-hybridized carbons (Fsp3) is 0.0769. The Morgan fingerprint density at radius 2 is 0.780 bits per heavy atom. The van der Waals surface area contributed by atoms with Gasteiger partial charge in [-0.25, -0.2) is 0 Å². The van der Waals surface area contributed by atoms with Crippen LogP contribution in [0.2, 0.25) is 0 Å². The zero-order valence-corrected chi connectivity index (χ0v) is 23.0. The average Bonchev–Trinajstić information content (AvgIpc) is 3.58. The van der Waals surface area contributed by atoms with Gasteiger partial charge in [-0.2, -0.15) is 0 Å². The van der Waals surface area contributed by atoms with Crippen LogP contribution in [0.1, 0.15) is 25.3 Å². The molecule has 2 heteroatoms. The Morgan fingerprint density at radius 3 is 1.27 bits per heavy atom. The number of hydrogen-bond donors (Lipinski definition) is 0. The number of fused-ring (bicyclic) bond motifs is 6. The van der Waals surface area contributed by atoms with Gasteiger partial charge in [0.15, 0.2) is 0 Å². The Kier molecular flexibility index (Phi) is 5.36. The van der Waals surface area contributed by atoms with Crippen LogP contribution in [0.3, 0.4) is 0 Å². The van der Waals surface area contributed by atoms with Crippen LogP contribution >= 0.6 is 0 Å². The molecule has 0 aliphatic heterocycles. The van der Waals surface area contributed by atoms with Crippen molar-refractivity contribution in [1.82, 2.24) is 0 Å². The van der Waals surface area contributed by atoms with Gasteiger partial charge in [-0.3, -0.25) is 0 Å². The molecular formula is C39H28O2. The Hall–Kier alpha value is -5.08. The third-order valence-corrected chi connectivity index (χ3v) is 8.26. The maximum Gasteiger partial charge on any atom is 0.135 e. The Bertz CT molecular complexity index is 2090. The van der Waals surface area contributed by atoms with Crippen LogP contribution in [0.4, 0.5) is 0 Å². The van der Waals surface area contributed by atoms with Gasteiger partial charge in [-0.15, -0.1) is 0 Å². The summed E-state index contributed by atoms with van der Waals surface area (Å²) in [5, 5.41) is 4.56. The molecule has 0 radical (unpaired) electrons. The molecule has 2 nitrogen and oxygen atoms in total. The summed E-state index contributed by atoms with van der Waals surface area (Å²) in [6.45, 7) is 4.47. The largest absolute Gasteiger partial charge is 0.456 e. The zero-order valence-electron chi connectivity index (χ0n) is 23.0. The van der Waals surface area contributed by atoms with Crippen LogP contribution in [0, 0.1) is 0 Å². The van der Waals surface area contributed by atoms with Gasteiger partial charge < -0.3 is 8.83 Å². The van der Waals surface area contributed by atoms with Crippen molar-refractivity contribution < 1.29 is 8.83 Å². The molecule has 0 unspecified atom stereocenters. The van der Waals surface area contributed by atoms with Gasteiger partial charge in [0.1, 0.15) is 22.3 Å². The van der Waals surface area contributed by atoms with Crippen molar-refractivity contribution in [2.45, 2.75) is 19.8 Å². The molecule has 0 fully saturated rings. The minimum atomic E-state index is 0.499. The monoisotopic (exact) mass is 528 g/mol. The SMILES string of the molecule is CC(C)c1ccc(-c2cc(-c3ccc4oc5ccccc5c4c3)cc(-c3ccc4oc5ccccc5c4c3)c2)cc1. The number of benzene rings is 6. The highest BCUT2D eigenvalue weighted by Gasteiger charge is 2.13. The third kappa shape index (κ3) is 4.03. The Balaban J connectivity index is 1.33. The topological polar surface area (TPSA) is 26.3 Å². The Morgan fingerprint density at radius 1 is 0.366 bits per heavy atom. The van der Waals surface area contributed by atoms with E-state index >= 15 is 0 Å². The molecule has 0 N–H and O–H groups in total. The smallest absolute Gasteiger partial charge is 0.135 e. The van der Waals surface area contributed by atoms with Crippen LogP contribution in [-0.2, 0) is 0 Å². The van der Waals surface area contributed by atoms with E-state index in [1.54, 1.807) is 0 Å². The van der Waals surface area contributed by atoms with Crippen molar-refractivity contribution in [3.63, 3.8) is 0 Å². The van der Waals surface area contributed by atoms with Gasteiger partial charge in [0.25, 0.3) is 0 Å². The summed E-state index contributed by atoms with van der Waals surface area (Å²) in [7, 11) is 0. The first kappa shape index (κ1) is 23.8. The first-order chi connectivity index (χ1) is 20.1. The van der Waals surface area contributed by atoms with Crippen LogP contribution in [-0.4, -0.2) is 0 Å². The number of hydrogen-bond acceptors (Lipinski definition) is 2. The number of para-hydroxylation sites is 2. The number of furan rings is 2. The standard InChI is InChI=1S/C39H28O2/c1-24(2)25-11-13-26(14-12-25)29-19-30(27-15-17-38-34(22-27)32-7-3-5-9-36(32)40-38)21-31(20-29)28-16-18-39-35(23-28)33-8-4-6-10-37(33)41-39/h3-24H,1-2H3. The predicted octanol–water partition coefficient (Wildman–Crippen LogP) is 11.6. The molecule has 0 bridgehead atoms. The highest BCUT2D eigenvalue weighted by molar-refractivity contribution is 6.07. The van der Waals surface area contributed by atoms with E-state index in [4.69, 9.17) is 8.83 Å². The molecule has 6 aromatic carbocycles. The highest BCUT2D eigenvalue weighted by atomic mass is 16.3. The third-order valence-electron chi connectivity index (χ3n) is 8.26. The van der Waals surface area contributed by atoms with E-state index in [0.717, 1.165) is 43.9 Å². The molecule has 0 aliphatic rings. The fourth-order valence-corrected chi connectivity index (χ4v) is 6.00. The maximum atomic E-state index is 6.12. The lowest BCUT2D eigenvalue weighted by Gasteiger charge is -2.13. The summed E-state index contributed by atoms with van der Waals surface area (Å²) in [5.74, 6) is 0.499. The summed E-state index contributed by atoms with van der Waals surface area (Å²) < 4.78 is 12.2. The second-order valence-electron chi connectivity index (χ2n) is 11.2. The van der Waals surface area contributed by atoms with Crippen molar-refractivity contribution in [2.75, 3.05) is 0 Å². The molecule has 8 aromatic rings. The predicted molar refractivity (Wildman–Crippen MR) is 171 cm³/mol. The summed E-state index contributed by atoms with van der Waals surface area (Å²) in [4.78, 5) is 0. The van der Waals surface area contributed by atoms with Crippen LogP contribution in [0.15, 0.2) is 136 Å². The van der Waals surface area contributed by atoms with Gasteiger partial charge in [-0.05, 0) is 99.5 Å². The molecule has 0 saturated carbocycles. The summed E-state index contributed by atoms with van der Waals surface area (Å²) in [6, 6.07) is 45.5. The lowest BCUT2D eigenvalue weighted by atomic mass is 9.91. The molecule has 0 saturated heterocycles. The molecule has 0 aliphatic carbocycles. The minimum Gasteiger partial charge on any atom is -0.456 e. The normalized spacial score (nSPS) is 11.9. The van der Waals surface area contributed by atoms with E-state index in [1.807, 2.05) is 24.3 Å². The van der Waals surface area contributed by atoms with E-state index in [1.165, 1.54) is 38.9 Å². The minimum absolute atomic E-state index is 0.499. The summed E-state index contributed by atoms with van der Waals surface area (Å²) in [6.07, 6.45) is 0. The van der Waals surface area contributed by atoms with Crippen molar-refractivity contribution >= 4 is 43.9 Å². The molecule has 0 amide bonds. The molecule has 196 valence electrons. The lowest BCUT2D eigenvalue weighted by Crippen LogP contribution is -1.89. The van der Waals surface area contributed by atoms with Crippen LogP contribution < -0.4 is 0 Å². The van der Waals surface area contributed by atoms with Gasteiger partial charge in [-0.1, -0.05) is 86.6 Å². The van der Waals surface area contributed by atoms with Crippen molar-refractivity contribution in [3.05, 3.63) is 133 Å². The highest BCUT2D eigenvalue weighted by Crippen LogP contribution is 2.38. The first-order valence-electron chi connectivity index (χ1n) is 14.2.